The monoisotopic (exact) mass is 313 g/mol. The molecule has 1 amide bonds. The van der Waals surface area contributed by atoms with Crippen LogP contribution in [0, 0.1) is 0 Å². The molecule has 2 heterocycles. The summed E-state index contributed by atoms with van der Waals surface area (Å²) in [7, 11) is 0. The Kier molecular flexibility index (Phi) is 3.04. The van der Waals surface area contributed by atoms with Crippen LogP contribution in [0.3, 0.4) is 0 Å². The number of nitrogens with two attached hydrogens (primary N) is 1. The summed E-state index contributed by atoms with van der Waals surface area (Å²) in [5, 5.41) is 6.92. The maximum Gasteiger partial charge on any atom is 0.269 e. The minimum Gasteiger partial charge on any atom is -0.364 e. The van der Waals surface area contributed by atoms with Gasteiger partial charge in [0, 0.05) is 17.0 Å². The molecule has 1 fully saturated rings. The highest BCUT2D eigenvalue weighted by molar-refractivity contribution is 7.98. The lowest BCUT2D eigenvalue weighted by atomic mass is 9.93. The zero-order chi connectivity index (χ0) is 15.3. The quantitative estimate of drug-likeness (QED) is 0.593. The lowest BCUT2D eigenvalue weighted by Gasteiger charge is -2.26. The Morgan fingerprint density at radius 2 is 2.23 bits per heavy atom. The molecule has 1 saturated carbocycles. The number of amides is 1. The number of nitrogens with zero attached hydrogens (tertiary/aromatic N) is 4. The summed E-state index contributed by atoms with van der Waals surface area (Å²) in [5.74, 6) is -0.499. The Balaban J connectivity index is 2.11. The molecule has 22 heavy (non-hydrogen) atoms. The highest BCUT2D eigenvalue weighted by Crippen LogP contribution is 2.36. The number of thioether (sulfide) groups is 1. The fourth-order valence-electron chi connectivity index (χ4n) is 2.88. The van der Waals surface area contributed by atoms with E-state index in [2.05, 4.69) is 15.1 Å². The third-order valence-electron chi connectivity index (χ3n) is 4.23. The number of benzene rings is 1. The van der Waals surface area contributed by atoms with Crippen LogP contribution < -0.4 is 5.73 Å². The molecule has 3 aromatic rings. The first-order valence-corrected chi connectivity index (χ1v) is 8.43. The SMILES string of the molecule is CSc1ncc2ccc3c(C(N)=O)nn(C4CCC4)c3c2n1. The van der Waals surface area contributed by atoms with E-state index in [1.807, 2.05) is 29.3 Å². The van der Waals surface area contributed by atoms with Gasteiger partial charge in [0.1, 0.15) is 5.52 Å². The van der Waals surface area contributed by atoms with Gasteiger partial charge < -0.3 is 5.73 Å². The van der Waals surface area contributed by atoms with Gasteiger partial charge in [0.2, 0.25) is 0 Å². The molecule has 6 nitrogen and oxygen atoms in total. The first-order chi connectivity index (χ1) is 10.7. The van der Waals surface area contributed by atoms with E-state index in [9.17, 15) is 4.79 Å². The Morgan fingerprint density at radius 3 is 2.86 bits per heavy atom. The van der Waals surface area contributed by atoms with Gasteiger partial charge in [-0.3, -0.25) is 9.48 Å². The van der Waals surface area contributed by atoms with Crippen molar-refractivity contribution in [1.29, 1.82) is 0 Å². The van der Waals surface area contributed by atoms with E-state index in [1.165, 1.54) is 18.2 Å². The molecule has 0 aliphatic heterocycles. The van der Waals surface area contributed by atoms with Gasteiger partial charge in [0.05, 0.1) is 11.6 Å². The summed E-state index contributed by atoms with van der Waals surface area (Å²) in [6.07, 6.45) is 7.10. The van der Waals surface area contributed by atoms with Crippen molar-refractivity contribution in [2.75, 3.05) is 6.26 Å². The highest BCUT2D eigenvalue weighted by atomic mass is 32.2. The van der Waals surface area contributed by atoms with Crippen molar-refractivity contribution in [1.82, 2.24) is 19.7 Å². The largest absolute Gasteiger partial charge is 0.364 e. The van der Waals surface area contributed by atoms with Gasteiger partial charge in [0.25, 0.3) is 5.91 Å². The van der Waals surface area contributed by atoms with Crippen molar-refractivity contribution in [3.8, 4) is 0 Å². The molecular formula is C15H15N5OS. The molecule has 0 bridgehead atoms. The number of carbonyl (C=O) groups is 1. The summed E-state index contributed by atoms with van der Waals surface area (Å²) < 4.78 is 1.94. The number of fused-ring (bicyclic) bond motifs is 3. The van der Waals surface area contributed by atoms with Gasteiger partial charge >= 0.3 is 0 Å². The van der Waals surface area contributed by atoms with Gasteiger partial charge in [0.15, 0.2) is 10.9 Å². The van der Waals surface area contributed by atoms with Crippen LogP contribution in [0.1, 0.15) is 35.8 Å². The van der Waals surface area contributed by atoms with Gasteiger partial charge in [-0.25, -0.2) is 9.97 Å². The second-order valence-corrected chi connectivity index (χ2v) is 6.27. The molecule has 0 atom stereocenters. The van der Waals surface area contributed by atoms with Crippen LogP contribution in [-0.4, -0.2) is 31.9 Å². The summed E-state index contributed by atoms with van der Waals surface area (Å²) in [6, 6.07) is 4.14. The number of hydrogen-bond donors (Lipinski definition) is 1. The standard InChI is InChI=1S/C15H15N5OS/c1-22-15-17-7-8-5-6-10-12(14(16)21)19-20(9-3-2-4-9)13(10)11(8)18-15/h5-7,9H,2-4H2,1H3,(H2,16,21). The van der Waals surface area contributed by atoms with Gasteiger partial charge in [-0.2, -0.15) is 5.10 Å². The molecule has 0 saturated heterocycles. The van der Waals surface area contributed by atoms with Crippen LogP contribution >= 0.6 is 11.8 Å². The molecule has 0 spiro atoms. The first kappa shape index (κ1) is 13.5. The van der Waals surface area contributed by atoms with Crippen LogP contribution in [-0.2, 0) is 0 Å². The van der Waals surface area contributed by atoms with E-state index >= 15 is 0 Å². The van der Waals surface area contributed by atoms with E-state index in [1.54, 1.807) is 0 Å². The van der Waals surface area contributed by atoms with Crippen LogP contribution in [0.4, 0.5) is 0 Å². The van der Waals surface area contributed by atoms with Crippen LogP contribution in [0.25, 0.3) is 21.8 Å². The van der Waals surface area contributed by atoms with Crippen molar-refractivity contribution >= 4 is 39.5 Å². The Hall–Kier alpha value is -2.15. The molecule has 2 N–H and O–H groups in total. The predicted molar refractivity (Wildman–Crippen MR) is 86.0 cm³/mol. The maximum absolute atomic E-state index is 11.7. The average Bonchev–Trinajstić information content (AvgIpc) is 2.85. The van der Waals surface area contributed by atoms with Gasteiger partial charge in [-0.05, 0) is 31.6 Å². The second kappa shape index (κ2) is 4.95. The fourth-order valence-corrected chi connectivity index (χ4v) is 3.22. The fraction of sp³-hybridized carbons (Fsp3) is 0.333. The van der Waals surface area contributed by atoms with E-state index in [0.717, 1.165) is 34.6 Å². The van der Waals surface area contributed by atoms with Crippen molar-refractivity contribution < 1.29 is 4.79 Å². The Labute approximate surface area is 131 Å². The smallest absolute Gasteiger partial charge is 0.269 e. The third-order valence-corrected chi connectivity index (χ3v) is 4.79. The second-order valence-electron chi connectivity index (χ2n) is 5.50. The predicted octanol–water partition coefficient (Wildman–Crippen LogP) is 2.53. The first-order valence-electron chi connectivity index (χ1n) is 7.21. The molecule has 1 aliphatic carbocycles. The van der Waals surface area contributed by atoms with Crippen LogP contribution in [0.5, 0.6) is 0 Å². The zero-order valence-corrected chi connectivity index (χ0v) is 12.9. The van der Waals surface area contributed by atoms with E-state index < -0.39 is 5.91 Å². The van der Waals surface area contributed by atoms with Crippen LogP contribution in [0.2, 0.25) is 0 Å². The zero-order valence-electron chi connectivity index (χ0n) is 12.1. The molecule has 1 aromatic carbocycles. The van der Waals surface area contributed by atoms with E-state index in [0.29, 0.717) is 16.9 Å². The topological polar surface area (TPSA) is 86.7 Å². The molecule has 2 aromatic heterocycles. The number of hydrogen-bond acceptors (Lipinski definition) is 5. The van der Waals surface area contributed by atoms with Crippen molar-refractivity contribution in [3.63, 3.8) is 0 Å². The summed E-state index contributed by atoms with van der Waals surface area (Å²) in [5.41, 5.74) is 7.56. The van der Waals surface area contributed by atoms with Crippen molar-refractivity contribution in [3.05, 3.63) is 24.0 Å². The summed E-state index contributed by atoms with van der Waals surface area (Å²) in [4.78, 5) is 20.7. The Bertz CT molecular complexity index is 900. The van der Waals surface area contributed by atoms with Crippen molar-refractivity contribution in [2.24, 2.45) is 5.73 Å². The number of carbonyl (C=O) groups excluding carboxylic acids is 1. The minimum atomic E-state index is -0.499. The van der Waals surface area contributed by atoms with E-state index in [4.69, 9.17) is 5.73 Å². The average molecular weight is 313 g/mol. The highest BCUT2D eigenvalue weighted by Gasteiger charge is 2.26. The van der Waals surface area contributed by atoms with Crippen molar-refractivity contribution in [2.45, 2.75) is 30.5 Å². The molecule has 0 unspecified atom stereocenters. The lowest BCUT2D eigenvalue weighted by molar-refractivity contribution is 0.0995. The van der Waals surface area contributed by atoms with Gasteiger partial charge in [-0.15, -0.1) is 0 Å². The number of aromatic nitrogens is 4. The number of rotatable bonds is 3. The lowest BCUT2D eigenvalue weighted by Crippen LogP contribution is -2.19. The minimum absolute atomic E-state index is 0.327. The molecule has 4 rings (SSSR count). The Morgan fingerprint density at radius 1 is 1.41 bits per heavy atom. The maximum atomic E-state index is 11.7. The number of primary amides is 1. The molecule has 112 valence electrons. The summed E-state index contributed by atoms with van der Waals surface area (Å²) in [6.45, 7) is 0. The normalized spacial score (nSPS) is 15.3. The molecule has 1 aliphatic rings. The molecule has 7 heteroatoms. The van der Waals surface area contributed by atoms with E-state index in [-0.39, 0.29) is 0 Å². The van der Waals surface area contributed by atoms with Gasteiger partial charge in [-0.1, -0.05) is 17.8 Å². The molecule has 0 radical (unpaired) electrons. The summed E-state index contributed by atoms with van der Waals surface area (Å²) >= 11 is 1.50. The van der Waals surface area contributed by atoms with Crippen LogP contribution in [0.15, 0.2) is 23.5 Å². The third kappa shape index (κ3) is 1.89. The molecular weight excluding hydrogens is 298 g/mol.